The van der Waals surface area contributed by atoms with Gasteiger partial charge in [0.05, 0.1) is 16.8 Å². The molecule has 0 bridgehead atoms. The summed E-state index contributed by atoms with van der Waals surface area (Å²) in [5.41, 5.74) is 5.59. The van der Waals surface area contributed by atoms with Crippen molar-refractivity contribution in [3.8, 4) is 6.07 Å². The molecule has 0 fully saturated rings. The molecule has 1 unspecified atom stereocenters. The summed E-state index contributed by atoms with van der Waals surface area (Å²) in [6.45, 7) is 3.46. The summed E-state index contributed by atoms with van der Waals surface area (Å²) >= 11 is 5.81. The number of anilines is 1. The molecule has 5 heteroatoms. The third-order valence-electron chi connectivity index (χ3n) is 2.60. The Bertz CT molecular complexity index is 477. The van der Waals surface area contributed by atoms with Crippen LogP contribution < -0.4 is 11.1 Å². The Labute approximate surface area is 105 Å². The van der Waals surface area contributed by atoms with Gasteiger partial charge >= 0.3 is 0 Å². The van der Waals surface area contributed by atoms with Gasteiger partial charge in [-0.15, -0.1) is 0 Å². The number of halogens is 1. The number of nitriles is 1. The van der Waals surface area contributed by atoms with E-state index in [9.17, 15) is 4.79 Å². The molecule has 1 aromatic rings. The molecule has 17 heavy (non-hydrogen) atoms. The smallest absolute Gasteiger partial charge is 0.244 e. The monoisotopic (exact) mass is 251 g/mol. The number of benzene rings is 1. The standard InChI is InChI=1S/C12H14ClN3O/c1-3-12(2,15)11(17)16-10-6-9(13)5-4-8(10)7-14/h4-6H,3,15H2,1-2H3,(H,16,17). The third-order valence-corrected chi connectivity index (χ3v) is 2.84. The molecule has 0 saturated carbocycles. The molecule has 1 amide bonds. The van der Waals surface area contributed by atoms with Crippen LogP contribution in [0.1, 0.15) is 25.8 Å². The van der Waals surface area contributed by atoms with Crippen LogP contribution in [0.5, 0.6) is 0 Å². The van der Waals surface area contributed by atoms with Crippen LogP contribution in [0.2, 0.25) is 5.02 Å². The Balaban J connectivity index is 3.00. The molecule has 1 aromatic carbocycles. The number of carbonyl (C=O) groups excluding carboxylic acids is 1. The molecule has 0 radical (unpaired) electrons. The first-order valence-electron chi connectivity index (χ1n) is 5.20. The zero-order valence-electron chi connectivity index (χ0n) is 9.75. The van der Waals surface area contributed by atoms with Gasteiger partial charge in [-0.25, -0.2) is 0 Å². The minimum atomic E-state index is -0.963. The predicted octanol–water partition coefficient (Wildman–Crippen LogP) is 2.28. The van der Waals surface area contributed by atoms with E-state index in [-0.39, 0.29) is 5.91 Å². The van der Waals surface area contributed by atoms with E-state index in [4.69, 9.17) is 22.6 Å². The zero-order chi connectivity index (χ0) is 13.1. The lowest BCUT2D eigenvalue weighted by Crippen LogP contribution is -2.47. The first-order valence-corrected chi connectivity index (χ1v) is 5.58. The van der Waals surface area contributed by atoms with Crippen LogP contribution in [-0.2, 0) is 4.79 Å². The second-order valence-electron chi connectivity index (χ2n) is 4.03. The van der Waals surface area contributed by atoms with Crippen LogP contribution in [0.15, 0.2) is 18.2 Å². The van der Waals surface area contributed by atoms with Gasteiger partial charge in [0.2, 0.25) is 5.91 Å². The average molecular weight is 252 g/mol. The Morgan fingerprint density at radius 1 is 1.65 bits per heavy atom. The molecule has 1 rings (SSSR count). The van der Waals surface area contributed by atoms with Crippen molar-refractivity contribution in [1.82, 2.24) is 0 Å². The van der Waals surface area contributed by atoms with Crippen molar-refractivity contribution in [2.45, 2.75) is 25.8 Å². The number of carbonyl (C=O) groups is 1. The number of amides is 1. The van der Waals surface area contributed by atoms with Crippen LogP contribution in [0.25, 0.3) is 0 Å². The summed E-state index contributed by atoms with van der Waals surface area (Å²) in [7, 11) is 0. The van der Waals surface area contributed by atoms with Gasteiger partial charge in [-0.1, -0.05) is 18.5 Å². The molecular weight excluding hydrogens is 238 g/mol. The average Bonchev–Trinajstić information content (AvgIpc) is 2.29. The molecule has 0 aliphatic heterocycles. The minimum absolute atomic E-state index is 0.334. The molecule has 1 atom stereocenters. The van der Waals surface area contributed by atoms with Crippen LogP contribution >= 0.6 is 11.6 Å². The molecule has 3 N–H and O–H groups in total. The first kappa shape index (κ1) is 13.5. The van der Waals surface area contributed by atoms with Crippen molar-refractivity contribution in [1.29, 1.82) is 5.26 Å². The molecule has 0 aliphatic rings. The van der Waals surface area contributed by atoms with E-state index in [1.54, 1.807) is 19.1 Å². The summed E-state index contributed by atoms with van der Waals surface area (Å²) < 4.78 is 0. The number of nitrogens with one attached hydrogen (secondary N) is 1. The number of nitrogens with zero attached hydrogens (tertiary/aromatic N) is 1. The molecule has 0 aromatic heterocycles. The molecule has 90 valence electrons. The highest BCUT2D eigenvalue weighted by atomic mass is 35.5. The number of rotatable bonds is 3. The van der Waals surface area contributed by atoms with E-state index >= 15 is 0 Å². The topological polar surface area (TPSA) is 78.9 Å². The number of nitrogens with two attached hydrogens (primary N) is 1. The highest BCUT2D eigenvalue weighted by Gasteiger charge is 2.26. The zero-order valence-corrected chi connectivity index (χ0v) is 10.5. The maximum atomic E-state index is 11.9. The Hall–Kier alpha value is -1.57. The molecule has 0 saturated heterocycles. The van der Waals surface area contributed by atoms with Crippen molar-refractivity contribution in [3.63, 3.8) is 0 Å². The lowest BCUT2D eigenvalue weighted by molar-refractivity contribution is -0.120. The quantitative estimate of drug-likeness (QED) is 0.865. The first-order chi connectivity index (χ1) is 7.90. The molecule has 0 aliphatic carbocycles. The van der Waals surface area contributed by atoms with Crippen LogP contribution in [0.4, 0.5) is 5.69 Å². The van der Waals surface area contributed by atoms with E-state index in [1.165, 1.54) is 6.07 Å². The summed E-state index contributed by atoms with van der Waals surface area (Å²) in [5, 5.41) is 12.0. The van der Waals surface area contributed by atoms with E-state index in [0.29, 0.717) is 22.7 Å². The SMILES string of the molecule is CCC(C)(N)C(=O)Nc1cc(Cl)ccc1C#N. The van der Waals surface area contributed by atoms with Gasteiger partial charge in [0, 0.05) is 5.02 Å². The van der Waals surface area contributed by atoms with Gasteiger partial charge in [-0.05, 0) is 31.5 Å². The van der Waals surface area contributed by atoms with E-state index in [1.807, 2.05) is 13.0 Å². The molecular formula is C12H14ClN3O. The summed E-state index contributed by atoms with van der Waals surface area (Å²) in [6.07, 6.45) is 0.501. The van der Waals surface area contributed by atoms with Crippen LogP contribution in [-0.4, -0.2) is 11.4 Å². The number of hydrogen-bond donors (Lipinski definition) is 2. The normalized spacial score (nSPS) is 13.6. The van der Waals surface area contributed by atoms with Crippen LogP contribution in [0, 0.1) is 11.3 Å². The minimum Gasteiger partial charge on any atom is -0.323 e. The predicted molar refractivity (Wildman–Crippen MR) is 67.7 cm³/mol. The second-order valence-corrected chi connectivity index (χ2v) is 4.46. The maximum Gasteiger partial charge on any atom is 0.244 e. The highest BCUT2D eigenvalue weighted by Crippen LogP contribution is 2.21. The molecule has 0 heterocycles. The van der Waals surface area contributed by atoms with E-state index < -0.39 is 5.54 Å². The second kappa shape index (κ2) is 5.17. The summed E-state index contributed by atoms with van der Waals surface area (Å²) in [6, 6.07) is 6.66. The molecule has 4 nitrogen and oxygen atoms in total. The van der Waals surface area contributed by atoms with Crippen molar-refractivity contribution >= 4 is 23.2 Å². The molecule has 0 spiro atoms. The Morgan fingerprint density at radius 2 is 2.29 bits per heavy atom. The van der Waals surface area contributed by atoms with Crippen molar-refractivity contribution in [2.24, 2.45) is 5.73 Å². The van der Waals surface area contributed by atoms with Crippen molar-refractivity contribution < 1.29 is 4.79 Å². The Kier molecular flexibility index (Phi) is 4.11. The number of hydrogen-bond acceptors (Lipinski definition) is 3. The summed E-state index contributed by atoms with van der Waals surface area (Å²) in [5.74, 6) is -0.334. The summed E-state index contributed by atoms with van der Waals surface area (Å²) in [4.78, 5) is 11.9. The van der Waals surface area contributed by atoms with Gasteiger partial charge in [0.1, 0.15) is 6.07 Å². The van der Waals surface area contributed by atoms with E-state index in [0.717, 1.165) is 0 Å². The van der Waals surface area contributed by atoms with Gasteiger partial charge in [-0.2, -0.15) is 5.26 Å². The van der Waals surface area contributed by atoms with Gasteiger partial charge in [0.15, 0.2) is 0 Å². The van der Waals surface area contributed by atoms with Crippen molar-refractivity contribution in [3.05, 3.63) is 28.8 Å². The lowest BCUT2D eigenvalue weighted by atomic mass is 9.99. The maximum absolute atomic E-state index is 11.9. The van der Waals surface area contributed by atoms with E-state index in [2.05, 4.69) is 5.32 Å². The fourth-order valence-corrected chi connectivity index (χ4v) is 1.32. The fraction of sp³-hybridized carbons (Fsp3) is 0.333. The lowest BCUT2D eigenvalue weighted by Gasteiger charge is -2.21. The fourth-order valence-electron chi connectivity index (χ4n) is 1.14. The highest BCUT2D eigenvalue weighted by molar-refractivity contribution is 6.31. The largest absolute Gasteiger partial charge is 0.323 e. The Morgan fingerprint density at radius 3 is 2.82 bits per heavy atom. The van der Waals surface area contributed by atoms with Gasteiger partial charge in [-0.3, -0.25) is 4.79 Å². The van der Waals surface area contributed by atoms with Crippen molar-refractivity contribution in [2.75, 3.05) is 5.32 Å². The van der Waals surface area contributed by atoms with Crippen LogP contribution in [0.3, 0.4) is 0 Å². The van der Waals surface area contributed by atoms with Gasteiger partial charge in [0.25, 0.3) is 0 Å². The van der Waals surface area contributed by atoms with Gasteiger partial charge < -0.3 is 11.1 Å². The third kappa shape index (κ3) is 3.19.